The first-order chi connectivity index (χ1) is 24.4. The largest absolute Gasteiger partial charge is 0.508 e. The van der Waals surface area contributed by atoms with Crippen LogP contribution in [-0.2, 0) is 25.7 Å². The molecule has 0 bridgehead atoms. The molecule has 2 aliphatic carbocycles. The zero-order valence-electron chi connectivity index (χ0n) is 29.2. The second-order valence-corrected chi connectivity index (χ2v) is 13.2. The second kappa shape index (κ2) is 17.8. The molecule has 1 amide bonds. The van der Waals surface area contributed by atoms with E-state index in [0.29, 0.717) is 30.9 Å². The van der Waals surface area contributed by atoms with Gasteiger partial charge < -0.3 is 44.0 Å². The van der Waals surface area contributed by atoms with Crippen LogP contribution in [0.4, 0.5) is 4.79 Å². The molecule has 1 saturated carbocycles. The molecule has 0 radical (unpaired) electrons. The number of aliphatic hydroxyl groups is 2. The molecule has 50 heavy (non-hydrogen) atoms. The van der Waals surface area contributed by atoms with Crippen LogP contribution in [0, 0.1) is 17.8 Å². The zero-order valence-corrected chi connectivity index (χ0v) is 29.2. The first-order valence-corrected chi connectivity index (χ1v) is 17.7. The van der Waals surface area contributed by atoms with Gasteiger partial charge in [-0.3, -0.25) is 0 Å². The smallest absolute Gasteiger partial charge is 0.410 e. The number of phenols is 1. The van der Waals surface area contributed by atoms with Crippen LogP contribution in [0.5, 0.6) is 11.5 Å². The van der Waals surface area contributed by atoms with E-state index in [9.17, 15) is 20.1 Å². The predicted octanol–water partition coefficient (Wildman–Crippen LogP) is 5.94. The minimum absolute atomic E-state index is 0.0604. The maximum absolute atomic E-state index is 13.8. The first kappa shape index (κ1) is 37.4. The van der Waals surface area contributed by atoms with Gasteiger partial charge in [-0.15, -0.1) is 6.58 Å². The summed E-state index contributed by atoms with van der Waals surface area (Å²) < 4.78 is 25.2. The minimum Gasteiger partial charge on any atom is -0.508 e. The Bertz CT molecular complexity index is 1480. The maximum atomic E-state index is 13.8. The fourth-order valence-corrected chi connectivity index (χ4v) is 8.03. The Morgan fingerprint density at radius 2 is 1.84 bits per heavy atom. The van der Waals surface area contributed by atoms with E-state index in [2.05, 4.69) is 17.8 Å². The monoisotopic (exact) mass is 692 g/mol. The Hall–Kier alpha value is -3.90. The number of fused-ring (bicyclic) bond motifs is 2. The number of phenolic OH excluding ortho intramolecular Hbond substituents is 1. The number of rotatable bonds is 18. The van der Waals surface area contributed by atoms with Gasteiger partial charge in [0.25, 0.3) is 0 Å². The van der Waals surface area contributed by atoms with Crippen LogP contribution in [-0.4, -0.2) is 91.0 Å². The van der Waals surface area contributed by atoms with Gasteiger partial charge in [-0.05, 0) is 66.9 Å². The van der Waals surface area contributed by atoms with Crippen molar-refractivity contribution in [3.63, 3.8) is 0 Å². The third kappa shape index (κ3) is 8.18. The molecular formula is C39H52N2O9. The SMILES string of the molecule is C=CCO[C@@]12Oc3ccc(O)cc3[C@H]3[C@H](CCCCO)[C@@H](CCCCO)C=C(C(=NOC)C[C@@H]1N(C)C(=O)OCCOCc1ccccc1)[C@H]32. The molecule has 1 heterocycles. The molecule has 0 unspecified atom stereocenters. The number of allylic oxidation sites excluding steroid dienone is 1. The third-order valence-corrected chi connectivity index (χ3v) is 10.2. The molecule has 3 aliphatic rings. The number of hydrogen-bond donors (Lipinski definition) is 3. The standard InChI is InChI=1S/C39H52N2O9/c1-4-20-49-39-35(41(2)38(45)48-22-21-47-26-27-12-6-5-7-13-27)25-33(40-46-3)31-23-28(14-8-10-18-42)30(15-9-11-19-43)36(37(31)39)32-24-29(44)16-17-34(32)50-39/h4-7,12-13,16-17,23-24,28,30,35-37,42-44H,1,8-11,14-15,18-22,25-26H2,2-3H3/t28-,30+,35-,36+,37+,39+/m0/s1. The highest BCUT2D eigenvalue weighted by Crippen LogP contribution is 2.61. The molecule has 3 N–H and O–H groups in total. The molecule has 5 rings (SSSR count). The second-order valence-electron chi connectivity index (χ2n) is 13.2. The van der Waals surface area contributed by atoms with Crippen LogP contribution < -0.4 is 4.74 Å². The van der Waals surface area contributed by atoms with Crippen molar-refractivity contribution in [2.75, 3.05) is 47.2 Å². The van der Waals surface area contributed by atoms with Crippen LogP contribution in [0.3, 0.4) is 0 Å². The van der Waals surface area contributed by atoms with Crippen molar-refractivity contribution in [3.8, 4) is 11.5 Å². The van der Waals surface area contributed by atoms with Gasteiger partial charge in [-0.2, -0.15) is 0 Å². The van der Waals surface area contributed by atoms with Crippen molar-refractivity contribution in [1.29, 1.82) is 0 Å². The molecule has 272 valence electrons. The van der Waals surface area contributed by atoms with Gasteiger partial charge in [-0.1, -0.05) is 60.5 Å². The van der Waals surface area contributed by atoms with Gasteiger partial charge in [-0.25, -0.2) is 4.79 Å². The number of aliphatic hydroxyl groups excluding tert-OH is 2. The van der Waals surface area contributed by atoms with E-state index < -0.39 is 23.8 Å². The Kier molecular flexibility index (Phi) is 13.3. The van der Waals surface area contributed by atoms with Gasteiger partial charge >= 0.3 is 6.09 Å². The quantitative estimate of drug-likeness (QED) is 0.0984. The summed E-state index contributed by atoms with van der Waals surface area (Å²) in [5.41, 5.74) is 3.50. The van der Waals surface area contributed by atoms with Gasteiger partial charge in [0.1, 0.15) is 31.3 Å². The molecule has 11 nitrogen and oxygen atoms in total. The summed E-state index contributed by atoms with van der Waals surface area (Å²) in [5, 5.41) is 34.6. The Morgan fingerprint density at radius 1 is 1.08 bits per heavy atom. The highest BCUT2D eigenvalue weighted by molar-refractivity contribution is 6.02. The lowest BCUT2D eigenvalue weighted by atomic mass is 9.55. The summed E-state index contributed by atoms with van der Waals surface area (Å²) in [5.74, 6) is -1.13. The van der Waals surface area contributed by atoms with Crippen molar-refractivity contribution in [1.82, 2.24) is 4.90 Å². The van der Waals surface area contributed by atoms with Crippen LogP contribution >= 0.6 is 0 Å². The van der Waals surface area contributed by atoms with E-state index >= 15 is 0 Å². The van der Waals surface area contributed by atoms with Crippen LogP contribution in [0.2, 0.25) is 0 Å². The lowest BCUT2D eigenvalue weighted by molar-refractivity contribution is -0.253. The molecule has 11 heteroatoms. The molecule has 0 saturated heterocycles. The number of ether oxygens (including phenoxy) is 4. The minimum atomic E-state index is -1.37. The van der Waals surface area contributed by atoms with E-state index in [4.69, 9.17) is 23.8 Å². The normalized spacial score (nSPS) is 25.9. The van der Waals surface area contributed by atoms with Gasteiger partial charge in [0.2, 0.25) is 5.79 Å². The fraction of sp³-hybridized carbons (Fsp3) is 0.538. The molecule has 0 aromatic heterocycles. The van der Waals surface area contributed by atoms with Crippen molar-refractivity contribution in [3.05, 3.63) is 84.0 Å². The average Bonchev–Trinajstić information content (AvgIpc) is 3.12. The first-order valence-electron chi connectivity index (χ1n) is 17.7. The van der Waals surface area contributed by atoms with Gasteiger partial charge in [0, 0.05) is 38.2 Å². The number of aromatic hydroxyl groups is 1. The fourth-order valence-electron chi connectivity index (χ4n) is 8.03. The van der Waals surface area contributed by atoms with Crippen LogP contribution in [0.25, 0.3) is 0 Å². The summed E-state index contributed by atoms with van der Waals surface area (Å²) >= 11 is 0. The highest BCUT2D eigenvalue weighted by Gasteiger charge is 2.65. The Balaban J connectivity index is 1.53. The molecule has 1 aliphatic heterocycles. The van der Waals surface area contributed by atoms with Gasteiger partial charge in [0.05, 0.1) is 31.5 Å². The van der Waals surface area contributed by atoms with Crippen molar-refractivity contribution >= 4 is 11.8 Å². The summed E-state index contributed by atoms with van der Waals surface area (Å²) in [6.07, 6.45) is 8.29. The van der Waals surface area contributed by atoms with Gasteiger partial charge in [0.15, 0.2) is 0 Å². The Morgan fingerprint density at radius 3 is 2.56 bits per heavy atom. The third-order valence-electron chi connectivity index (χ3n) is 10.2. The number of carbonyl (C=O) groups excluding carboxylic acids is 1. The molecule has 6 atom stereocenters. The highest BCUT2D eigenvalue weighted by atomic mass is 16.7. The van der Waals surface area contributed by atoms with Crippen LogP contribution in [0.1, 0.15) is 62.0 Å². The average molecular weight is 693 g/mol. The lowest BCUT2D eigenvalue weighted by Gasteiger charge is -2.59. The van der Waals surface area contributed by atoms with Crippen molar-refractivity contribution in [2.45, 2.75) is 69.3 Å². The summed E-state index contributed by atoms with van der Waals surface area (Å²) in [7, 11) is 3.19. The van der Waals surface area contributed by atoms with E-state index in [-0.39, 0.29) is 63.0 Å². The molecule has 2 aromatic rings. The number of benzene rings is 2. The van der Waals surface area contributed by atoms with Crippen molar-refractivity contribution in [2.24, 2.45) is 22.9 Å². The van der Waals surface area contributed by atoms with Crippen molar-refractivity contribution < 1.29 is 43.9 Å². The molecule has 2 aromatic carbocycles. The lowest BCUT2D eigenvalue weighted by Crippen LogP contribution is -2.69. The Labute approximate surface area is 295 Å². The predicted molar refractivity (Wildman–Crippen MR) is 189 cm³/mol. The number of likely N-dealkylation sites (N-methyl/N-ethyl adjacent to an activating group) is 1. The van der Waals surface area contributed by atoms with E-state index in [1.165, 1.54) is 12.0 Å². The number of hydrogen-bond acceptors (Lipinski definition) is 10. The molecule has 0 spiro atoms. The van der Waals surface area contributed by atoms with E-state index in [1.54, 1.807) is 31.3 Å². The molecule has 1 fully saturated rings. The topological polar surface area (TPSA) is 140 Å². The maximum Gasteiger partial charge on any atom is 0.410 e. The number of unbranched alkanes of at least 4 members (excludes halogenated alkanes) is 2. The zero-order chi connectivity index (χ0) is 35.5. The summed E-state index contributed by atoms with van der Waals surface area (Å²) in [6, 6.07) is 14.2. The number of carbonyl (C=O) groups is 1. The van der Waals surface area contributed by atoms with Crippen LogP contribution in [0.15, 0.2) is 78.0 Å². The van der Waals surface area contributed by atoms with E-state index in [1.807, 2.05) is 30.3 Å². The summed E-state index contributed by atoms with van der Waals surface area (Å²) in [6.45, 7) is 4.99. The number of nitrogens with zero attached hydrogens (tertiary/aromatic N) is 2. The molecular weight excluding hydrogens is 640 g/mol. The number of oxime groups is 1. The summed E-state index contributed by atoms with van der Waals surface area (Å²) in [4.78, 5) is 20.7. The number of amides is 1. The van der Waals surface area contributed by atoms with E-state index in [0.717, 1.165) is 42.4 Å².